The first-order valence-electron chi connectivity index (χ1n) is 22.2. The molecule has 0 spiro atoms. The van der Waals surface area contributed by atoms with Gasteiger partial charge in [0.1, 0.15) is 5.58 Å². The van der Waals surface area contributed by atoms with E-state index < -0.39 is 13.3 Å². The molecule has 0 aliphatic heterocycles. The summed E-state index contributed by atoms with van der Waals surface area (Å²) in [5.41, 5.74) is 16.1. The van der Waals surface area contributed by atoms with E-state index in [1.807, 2.05) is 18.2 Å². The number of imidazole rings is 1. The Morgan fingerprint density at radius 2 is 1.47 bits per heavy atom. The van der Waals surface area contributed by atoms with Gasteiger partial charge in [0.05, 0.1) is 22.4 Å². The van der Waals surface area contributed by atoms with Crippen LogP contribution in [0.3, 0.4) is 0 Å². The number of nitrogens with zero attached hydrogens (tertiary/aromatic N) is 4. The topological polar surface area (TPSA) is 67.6 Å². The van der Waals surface area contributed by atoms with E-state index >= 15 is 0 Å². The van der Waals surface area contributed by atoms with Crippen LogP contribution in [0.5, 0.6) is 0 Å². The Morgan fingerprint density at radius 3 is 2.11 bits per heavy atom. The van der Waals surface area contributed by atoms with E-state index in [4.69, 9.17) is 14.7 Å². The molecule has 5 nitrogen and oxygen atoms in total. The predicted molar refractivity (Wildman–Crippen MR) is 266 cm³/mol. The smallest absolute Gasteiger partial charge is 0.121 e. The number of aromatic nitrogens is 3. The Labute approximate surface area is 395 Å². The summed E-state index contributed by atoms with van der Waals surface area (Å²) in [5.74, 6) is 9.31. The maximum atomic E-state index is 8.89. The Hall–Kier alpha value is -5.58. The minimum atomic E-state index is -1.92. The first kappa shape index (κ1) is 46.4. The summed E-state index contributed by atoms with van der Waals surface area (Å²) in [4.78, 5) is 9.92. The largest absolute Gasteiger partial charge is 0.501 e. The maximum Gasteiger partial charge on any atom is 0.121 e. The van der Waals surface area contributed by atoms with Crippen LogP contribution in [0.4, 0.5) is 0 Å². The number of pyridine rings is 1. The van der Waals surface area contributed by atoms with Gasteiger partial charge in [-0.15, -0.1) is 18.2 Å². The molecule has 325 valence electrons. The van der Waals surface area contributed by atoms with Gasteiger partial charge in [-0.25, -0.2) is 0 Å². The number of aryl methyl sites for hydroxylation is 1. The molecule has 1 radical (unpaired) electrons. The summed E-state index contributed by atoms with van der Waals surface area (Å²) in [7, 11) is 0. The molecule has 0 N–H and O–H groups in total. The van der Waals surface area contributed by atoms with Crippen LogP contribution >= 0.6 is 0 Å². The van der Waals surface area contributed by atoms with Gasteiger partial charge in [0, 0.05) is 31.2 Å². The van der Waals surface area contributed by atoms with Gasteiger partial charge in [0.25, 0.3) is 0 Å². The van der Waals surface area contributed by atoms with E-state index in [1.54, 1.807) is 6.07 Å². The normalized spacial score (nSPS) is 11.6. The molecule has 3 aromatic heterocycles. The average Bonchev–Trinajstić information content (AvgIpc) is 3.84. The minimum Gasteiger partial charge on any atom is -0.501 e. The second kappa shape index (κ2) is 19.3. The fourth-order valence-corrected chi connectivity index (χ4v) is 12.0. The van der Waals surface area contributed by atoms with E-state index in [9.17, 15) is 0 Å². The van der Waals surface area contributed by atoms with Crippen LogP contribution in [0.1, 0.15) is 81.2 Å². The number of hydrogen-bond acceptors (Lipinski definition) is 4. The standard InChI is InChI=1S/C38H33N2O.C19H23GeN2.Ir/c1-23(2)31-21-27(26-12-7-6-8-13-26)22-32(24(3)4)36(31)40-34-17-10-9-16-33(34)39-38(40)30-15-11-14-29-28-19-18-25(5)20-35(28)41-37(29)30;1-14(2)10-17-11-19(22-13-18(17)20(3,4)5)16-8-6-15(12-21)7-9-16;/h6-14,16-24H,1-5H3;6-8,11,13-14H,10H2,1-5H3;/q2*-1;. The molecule has 9 aromatic rings. The summed E-state index contributed by atoms with van der Waals surface area (Å²) in [5, 5.41) is 11.1. The molecule has 0 bridgehead atoms. The SMILES string of the molecule is CC(C)Cc1cc(-c2[c-]cc(C#N)cc2)nc[c]1[Ge]([CH3])([CH3])[CH3].Cc1ccc2c(c1)oc1c(-c3nc4ccccc4n3-c3c(C(C)C)cc(-c4ccccc4)cc3C(C)C)[c-]ccc12.[Ir]. The Morgan fingerprint density at radius 1 is 0.766 bits per heavy atom. The molecule has 6 aromatic carbocycles. The predicted octanol–water partition coefficient (Wildman–Crippen LogP) is 14.8. The van der Waals surface area contributed by atoms with Crippen molar-refractivity contribution in [2.24, 2.45) is 5.92 Å². The molecule has 7 heteroatoms. The van der Waals surface area contributed by atoms with E-state index in [1.165, 1.54) is 43.5 Å². The Kier molecular flexibility index (Phi) is 14.0. The van der Waals surface area contributed by atoms with Crippen LogP contribution in [0, 0.1) is 36.3 Å². The van der Waals surface area contributed by atoms with Gasteiger partial charge in [-0.1, -0.05) is 93.2 Å². The van der Waals surface area contributed by atoms with E-state index in [2.05, 4.69) is 197 Å². The second-order valence-electron chi connectivity index (χ2n) is 18.8. The number of hydrogen-bond donors (Lipinski definition) is 0. The molecule has 0 saturated carbocycles. The monoisotopic (exact) mass is 1080 g/mol. The molecule has 0 fully saturated rings. The zero-order valence-electron chi connectivity index (χ0n) is 38.6. The molecule has 0 aliphatic rings. The van der Waals surface area contributed by atoms with Crippen LogP contribution in [0.2, 0.25) is 17.3 Å². The van der Waals surface area contributed by atoms with Crippen molar-refractivity contribution in [3.05, 3.63) is 167 Å². The van der Waals surface area contributed by atoms with Crippen molar-refractivity contribution >= 4 is 50.6 Å². The van der Waals surface area contributed by atoms with Crippen molar-refractivity contribution in [2.45, 2.75) is 84.0 Å². The fraction of sp³-hybridized carbons (Fsp3) is 0.246. The molecule has 0 aliphatic carbocycles. The molecule has 0 amide bonds. The van der Waals surface area contributed by atoms with Gasteiger partial charge in [-0.2, -0.15) is 0 Å². The van der Waals surface area contributed by atoms with Gasteiger partial charge < -0.3 is 8.98 Å². The first-order chi connectivity index (χ1) is 30.2. The van der Waals surface area contributed by atoms with E-state index in [0.717, 1.165) is 62.0 Å². The van der Waals surface area contributed by atoms with Crippen LogP contribution < -0.4 is 4.40 Å². The Balaban J connectivity index is 0.000000227. The third-order valence-electron chi connectivity index (χ3n) is 11.8. The maximum absolute atomic E-state index is 8.89. The summed E-state index contributed by atoms with van der Waals surface area (Å²) in [6, 6.07) is 50.9. The molecular weight excluding hydrogens is 1020 g/mol. The van der Waals surface area contributed by atoms with Crippen molar-refractivity contribution in [2.75, 3.05) is 0 Å². The summed E-state index contributed by atoms with van der Waals surface area (Å²) in [6.45, 7) is 15.7. The summed E-state index contributed by atoms with van der Waals surface area (Å²) >= 11 is -1.92. The van der Waals surface area contributed by atoms with E-state index in [0.29, 0.717) is 23.3 Å². The van der Waals surface area contributed by atoms with Gasteiger partial charge in [0.2, 0.25) is 0 Å². The zero-order chi connectivity index (χ0) is 44.6. The van der Waals surface area contributed by atoms with Crippen molar-refractivity contribution in [1.29, 1.82) is 5.26 Å². The molecule has 64 heavy (non-hydrogen) atoms. The summed E-state index contributed by atoms with van der Waals surface area (Å²) in [6.07, 6.45) is 3.17. The van der Waals surface area contributed by atoms with Gasteiger partial charge in [-0.05, 0) is 76.9 Å². The molecule has 0 saturated heterocycles. The van der Waals surface area contributed by atoms with Crippen LogP contribution in [-0.2, 0) is 26.5 Å². The first-order valence-corrected chi connectivity index (χ1v) is 29.5. The Bertz CT molecular complexity index is 3100. The minimum absolute atomic E-state index is 0. The third kappa shape index (κ3) is 9.45. The number of benzene rings is 6. The number of nitriles is 1. The quantitative estimate of drug-likeness (QED) is 0.107. The van der Waals surface area contributed by atoms with Crippen molar-refractivity contribution in [1.82, 2.24) is 14.5 Å². The number of para-hydroxylation sites is 2. The zero-order valence-corrected chi connectivity index (χ0v) is 43.1. The van der Waals surface area contributed by atoms with Crippen LogP contribution in [0.25, 0.3) is 72.4 Å². The van der Waals surface area contributed by atoms with Crippen molar-refractivity contribution in [3.8, 4) is 45.5 Å². The van der Waals surface area contributed by atoms with Gasteiger partial charge in [0.15, 0.2) is 0 Å². The molecular formula is C57H56GeIrN4O-2. The molecule has 0 unspecified atom stereocenters. The number of rotatable bonds is 9. The summed E-state index contributed by atoms with van der Waals surface area (Å²) < 4.78 is 10.4. The second-order valence-corrected chi connectivity index (χ2v) is 29.4. The average molecular weight is 1080 g/mol. The fourth-order valence-electron chi connectivity index (χ4n) is 8.63. The molecule has 0 atom stereocenters. The van der Waals surface area contributed by atoms with Crippen LogP contribution in [-0.4, -0.2) is 27.8 Å². The molecule has 3 heterocycles. The number of fused-ring (bicyclic) bond motifs is 4. The van der Waals surface area contributed by atoms with Crippen molar-refractivity contribution < 1.29 is 24.5 Å². The number of furan rings is 1. The van der Waals surface area contributed by atoms with Crippen LogP contribution in [0.15, 0.2) is 132 Å². The van der Waals surface area contributed by atoms with Gasteiger partial charge in [-0.3, -0.25) is 4.98 Å². The van der Waals surface area contributed by atoms with Crippen molar-refractivity contribution in [3.63, 3.8) is 0 Å². The van der Waals surface area contributed by atoms with E-state index in [-0.39, 0.29) is 20.1 Å². The molecule has 9 rings (SSSR count). The third-order valence-corrected chi connectivity index (χ3v) is 16.1. The van der Waals surface area contributed by atoms with Gasteiger partial charge >= 0.3 is 136 Å².